The largest absolute Gasteiger partial charge is 0.416 e. The van der Waals surface area contributed by atoms with Crippen molar-refractivity contribution in [2.45, 2.75) is 44.9 Å². The summed E-state index contributed by atoms with van der Waals surface area (Å²) in [6.07, 6.45) is -3.58. The van der Waals surface area contributed by atoms with E-state index in [1.165, 1.54) is 18.2 Å². The molecule has 1 aromatic carbocycles. The van der Waals surface area contributed by atoms with Crippen LogP contribution in [0.4, 0.5) is 13.2 Å². The lowest BCUT2D eigenvalue weighted by Crippen LogP contribution is -2.52. The molecule has 0 atom stereocenters. The summed E-state index contributed by atoms with van der Waals surface area (Å²) in [6.45, 7) is 3.35. The Bertz CT molecular complexity index is 468. The van der Waals surface area contributed by atoms with Crippen LogP contribution in [0.1, 0.15) is 37.8 Å². The summed E-state index contributed by atoms with van der Waals surface area (Å²) < 4.78 is 38.4. The number of hydrogen-bond donors (Lipinski definition) is 2. The summed E-state index contributed by atoms with van der Waals surface area (Å²) in [7, 11) is 0. The topological polar surface area (TPSA) is 55.1 Å². The minimum Gasteiger partial charge on any atom is -0.350 e. The molecular formula is C14H19F3N2O. The Morgan fingerprint density at radius 2 is 1.75 bits per heavy atom. The smallest absolute Gasteiger partial charge is 0.350 e. The Balaban J connectivity index is 2.84. The lowest BCUT2D eigenvalue weighted by atomic mass is 9.93. The molecule has 0 aliphatic rings. The molecule has 0 aromatic heterocycles. The van der Waals surface area contributed by atoms with Crippen molar-refractivity contribution < 1.29 is 18.0 Å². The molecule has 0 spiro atoms. The van der Waals surface area contributed by atoms with E-state index in [1.54, 1.807) is 13.8 Å². The summed E-state index contributed by atoms with van der Waals surface area (Å²) in [5.74, 6) is -0.431. The quantitative estimate of drug-likeness (QED) is 0.875. The first-order valence-corrected chi connectivity index (χ1v) is 6.47. The lowest BCUT2D eigenvalue weighted by Gasteiger charge is -2.25. The molecule has 0 saturated carbocycles. The van der Waals surface area contributed by atoms with Gasteiger partial charge in [-0.25, -0.2) is 0 Å². The standard InChI is InChI=1S/C14H19F3N2O/c1-3-13(18,4-2)12(20)19-9-10-7-5-6-8-11(10)14(15,16)17/h5-8H,3-4,9,18H2,1-2H3,(H,19,20). The highest BCUT2D eigenvalue weighted by molar-refractivity contribution is 5.85. The van der Waals surface area contributed by atoms with Crippen molar-refractivity contribution in [3.8, 4) is 0 Å². The van der Waals surface area contributed by atoms with Gasteiger partial charge in [-0.3, -0.25) is 4.79 Å². The molecule has 3 N–H and O–H groups in total. The monoisotopic (exact) mass is 288 g/mol. The van der Waals surface area contributed by atoms with E-state index >= 15 is 0 Å². The number of halogens is 3. The van der Waals surface area contributed by atoms with Gasteiger partial charge in [-0.1, -0.05) is 32.0 Å². The molecular weight excluding hydrogens is 269 g/mol. The van der Waals surface area contributed by atoms with Gasteiger partial charge < -0.3 is 11.1 Å². The van der Waals surface area contributed by atoms with Gasteiger partial charge >= 0.3 is 6.18 Å². The van der Waals surface area contributed by atoms with Crippen molar-refractivity contribution in [2.75, 3.05) is 0 Å². The second-order valence-electron chi connectivity index (χ2n) is 4.70. The first-order valence-electron chi connectivity index (χ1n) is 6.47. The predicted molar refractivity (Wildman–Crippen MR) is 70.8 cm³/mol. The number of hydrogen-bond acceptors (Lipinski definition) is 2. The summed E-state index contributed by atoms with van der Waals surface area (Å²) in [5.41, 5.74) is 4.15. The van der Waals surface area contributed by atoms with Crippen LogP contribution in [0, 0.1) is 0 Å². The minimum absolute atomic E-state index is 0.0305. The number of amides is 1. The van der Waals surface area contributed by atoms with Gasteiger partial charge in [0.25, 0.3) is 0 Å². The maximum atomic E-state index is 12.8. The third kappa shape index (κ3) is 3.72. The molecule has 0 bridgehead atoms. The highest BCUT2D eigenvalue weighted by atomic mass is 19.4. The molecule has 1 aromatic rings. The Kier molecular flexibility index (Phi) is 5.16. The van der Waals surface area contributed by atoms with Gasteiger partial charge in [0, 0.05) is 6.54 Å². The average Bonchev–Trinajstić information content (AvgIpc) is 2.43. The van der Waals surface area contributed by atoms with Crippen molar-refractivity contribution in [2.24, 2.45) is 5.73 Å². The summed E-state index contributed by atoms with van der Waals surface area (Å²) >= 11 is 0. The van der Waals surface area contributed by atoms with Crippen molar-refractivity contribution in [3.63, 3.8) is 0 Å². The van der Waals surface area contributed by atoms with Crippen LogP contribution >= 0.6 is 0 Å². The van der Waals surface area contributed by atoms with E-state index in [0.717, 1.165) is 6.07 Å². The zero-order valence-electron chi connectivity index (χ0n) is 11.6. The molecule has 0 unspecified atom stereocenters. The van der Waals surface area contributed by atoms with Crippen LogP contribution in [0.3, 0.4) is 0 Å². The van der Waals surface area contributed by atoms with Crippen LogP contribution in [0.25, 0.3) is 0 Å². The van der Waals surface area contributed by atoms with Crippen LogP contribution in [0.15, 0.2) is 24.3 Å². The van der Waals surface area contributed by atoms with E-state index in [4.69, 9.17) is 5.73 Å². The van der Waals surface area contributed by atoms with Crippen LogP contribution in [-0.2, 0) is 17.5 Å². The number of rotatable bonds is 5. The van der Waals surface area contributed by atoms with Crippen LogP contribution in [0.5, 0.6) is 0 Å². The maximum absolute atomic E-state index is 12.8. The van der Waals surface area contributed by atoms with Gasteiger partial charge in [0.1, 0.15) is 0 Å². The van der Waals surface area contributed by atoms with Crippen LogP contribution in [0.2, 0.25) is 0 Å². The second kappa shape index (κ2) is 6.26. The second-order valence-corrected chi connectivity index (χ2v) is 4.70. The highest BCUT2D eigenvalue weighted by Crippen LogP contribution is 2.31. The fourth-order valence-corrected chi connectivity index (χ4v) is 1.87. The van der Waals surface area contributed by atoms with E-state index < -0.39 is 23.2 Å². The molecule has 6 heteroatoms. The van der Waals surface area contributed by atoms with Crippen molar-refractivity contribution in [3.05, 3.63) is 35.4 Å². The van der Waals surface area contributed by atoms with E-state index in [0.29, 0.717) is 12.8 Å². The molecule has 112 valence electrons. The molecule has 20 heavy (non-hydrogen) atoms. The Hall–Kier alpha value is -1.56. The molecule has 3 nitrogen and oxygen atoms in total. The van der Waals surface area contributed by atoms with Gasteiger partial charge in [0.15, 0.2) is 0 Å². The molecule has 0 aliphatic carbocycles. The molecule has 0 heterocycles. The number of alkyl halides is 3. The highest BCUT2D eigenvalue weighted by Gasteiger charge is 2.34. The van der Waals surface area contributed by atoms with Crippen molar-refractivity contribution in [1.29, 1.82) is 0 Å². The SMILES string of the molecule is CCC(N)(CC)C(=O)NCc1ccccc1C(F)(F)F. The fraction of sp³-hybridized carbons (Fsp3) is 0.500. The normalized spacial score (nSPS) is 12.3. The number of carbonyl (C=O) groups is 1. The maximum Gasteiger partial charge on any atom is 0.416 e. The first-order chi connectivity index (χ1) is 9.24. The number of carbonyl (C=O) groups excluding carboxylic acids is 1. The molecule has 0 aliphatic heterocycles. The zero-order valence-corrected chi connectivity index (χ0v) is 11.6. The summed E-state index contributed by atoms with van der Waals surface area (Å²) in [4.78, 5) is 11.9. The average molecular weight is 288 g/mol. The summed E-state index contributed by atoms with van der Waals surface area (Å²) in [5, 5.41) is 2.49. The number of nitrogens with two attached hydrogens (primary N) is 1. The van der Waals surface area contributed by atoms with Crippen molar-refractivity contribution in [1.82, 2.24) is 5.32 Å². The van der Waals surface area contributed by atoms with Gasteiger partial charge in [0.05, 0.1) is 11.1 Å². The third-order valence-corrected chi connectivity index (χ3v) is 3.48. The number of benzene rings is 1. The molecule has 0 fully saturated rings. The van der Waals surface area contributed by atoms with E-state index in [-0.39, 0.29) is 12.1 Å². The van der Waals surface area contributed by atoms with Crippen LogP contribution in [-0.4, -0.2) is 11.4 Å². The van der Waals surface area contributed by atoms with Crippen LogP contribution < -0.4 is 11.1 Å². The van der Waals surface area contributed by atoms with E-state index in [1.807, 2.05) is 0 Å². The fourth-order valence-electron chi connectivity index (χ4n) is 1.87. The Morgan fingerprint density at radius 3 is 2.25 bits per heavy atom. The molecule has 1 amide bonds. The number of nitrogens with one attached hydrogen (secondary N) is 1. The van der Waals surface area contributed by atoms with E-state index in [2.05, 4.69) is 5.32 Å². The molecule has 0 saturated heterocycles. The van der Waals surface area contributed by atoms with E-state index in [9.17, 15) is 18.0 Å². The van der Waals surface area contributed by atoms with Gasteiger partial charge in [-0.15, -0.1) is 0 Å². The predicted octanol–water partition coefficient (Wildman–Crippen LogP) is 2.84. The molecule has 1 rings (SSSR count). The lowest BCUT2D eigenvalue weighted by molar-refractivity contribution is -0.138. The zero-order chi connectivity index (χ0) is 15.4. The Morgan fingerprint density at radius 1 is 1.20 bits per heavy atom. The van der Waals surface area contributed by atoms with Gasteiger partial charge in [0.2, 0.25) is 5.91 Å². The summed E-state index contributed by atoms with van der Waals surface area (Å²) in [6, 6.07) is 5.17. The third-order valence-electron chi connectivity index (χ3n) is 3.48. The van der Waals surface area contributed by atoms with Gasteiger partial charge in [-0.2, -0.15) is 13.2 Å². The molecule has 0 radical (unpaired) electrons. The first kappa shape index (κ1) is 16.5. The van der Waals surface area contributed by atoms with Crippen molar-refractivity contribution >= 4 is 5.91 Å². The Labute approximate surface area is 116 Å². The minimum atomic E-state index is -4.43. The van der Waals surface area contributed by atoms with Gasteiger partial charge in [-0.05, 0) is 24.5 Å².